The van der Waals surface area contributed by atoms with Gasteiger partial charge in [0.25, 0.3) is 0 Å². The van der Waals surface area contributed by atoms with Crippen LogP contribution in [0.15, 0.2) is 24.5 Å². The van der Waals surface area contributed by atoms with Crippen molar-refractivity contribution in [1.82, 2.24) is 15.2 Å². The van der Waals surface area contributed by atoms with E-state index in [2.05, 4.69) is 4.98 Å². The fraction of sp³-hybridized carbons (Fsp3) is 0.500. The summed E-state index contributed by atoms with van der Waals surface area (Å²) in [5, 5.41) is 1.91. The number of nitrogens with zero attached hydrogens (tertiary/aromatic N) is 2. The number of rotatable bonds is 2. The van der Waals surface area contributed by atoms with E-state index >= 15 is 0 Å². The molecule has 1 aromatic rings. The number of hydrogen-bond donors (Lipinski definition) is 1. The zero-order valence-electron chi connectivity index (χ0n) is 10.2. The Hall–Kier alpha value is -1.79. The lowest BCUT2D eigenvalue weighted by Gasteiger charge is -2.25. The summed E-state index contributed by atoms with van der Waals surface area (Å²) >= 11 is 0. The Balaban J connectivity index is 2.01. The molecule has 7 heteroatoms. The third-order valence-corrected chi connectivity index (χ3v) is 3.04. The van der Waals surface area contributed by atoms with Crippen molar-refractivity contribution in [2.24, 2.45) is 0 Å². The number of nitrogens with one attached hydrogen (secondary N) is 1. The molecular weight excluding hydrogens is 259 g/mol. The van der Waals surface area contributed by atoms with Gasteiger partial charge in [-0.3, -0.25) is 4.98 Å². The summed E-state index contributed by atoms with van der Waals surface area (Å²) in [7, 11) is 0. The normalized spacial score (nSPS) is 19.5. The predicted molar refractivity (Wildman–Crippen MR) is 62.4 cm³/mol. The monoisotopic (exact) mass is 273 g/mol. The standard InChI is InChI=1S/C12H14F3N3O/c13-12(14,15)8-17-11(19)18-7-1-2-10(18)9-3-5-16-6-4-9/h3-6,10H,1-2,7-8H2,(H,17,19)/t10-/m1/s1. The molecular formula is C12H14F3N3O. The van der Waals surface area contributed by atoms with Crippen LogP contribution in [0, 0.1) is 0 Å². The SMILES string of the molecule is O=C(NCC(F)(F)F)N1CCC[C@@H]1c1ccncc1. The van der Waals surface area contributed by atoms with Crippen LogP contribution in [0.2, 0.25) is 0 Å². The minimum absolute atomic E-state index is 0.170. The van der Waals surface area contributed by atoms with E-state index in [9.17, 15) is 18.0 Å². The van der Waals surface area contributed by atoms with Crippen molar-refractivity contribution < 1.29 is 18.0 Å². The smallest absolute Gasteiger partial charge is 0.329 e. The van der Waals surface area contributed by atoms with Gasteiger partial charge in [0.1, 0.15) is 6.54 Å². The van der Waals surface area contributed by atoms with Gasteiger partial charge in [0, 0.05) is 18.9 Å². The highest BCUT2D eigenvalue weighted by Crippen LogP contribution is 2.31. The summed E-state index contributed by atoms with van der Waals surface area (Å²) in [6, 6.07) is 2.72. The summed E-state index contributed by atoms with van der Waals surface area (Å²) < 4.78 is 36.2. The first-order chi connectivity index (χ1) is 8.97. The Bertz CT molecular complexity index is 436. The third-order valence-electron chi connectivity index (χ3n) is 3.04. The second kappa shape index (κ2) is 5.46. The van der Waals surface area contributed by atoms with Gasteiger partial charge >= 0.3 is 12.2 Å². The van der Waals surface area contributed by atoms with Crippen molar-refractivity contribution >= 4 is 6.03 Å². The Morgan fingerprint density at radius 3 is 2.74 bits per heavy atom. The van der Waals surface area contributed by atoms with Crippen molar-refractivity contribution in [3.8, 4) is 0 Å². The number of pyridine rings is 1. The first kappa shape index (κ1) is 13.6. The van der Waals surface area contributed by atoms with E-state index in [1.807, 2.05) is 5.32 Å². The van der Waals surface area contributed by atoms with Crippen LogP contribution in [-0.4, -0.2) is 35.2 Å². The predicted octanol–water partition coefficient (Wildman–Crippen LogP) is 2.49. The molecule has 2 amide bonds. The van der Waals surface area contributed by atoms with Gasteiger partial charge in [-0.05, 0) is 30.5 Å². The Morgan fingerprint density at radius 1 is 1.42 bits per heavy atom. The molecule has 1 saturated heterocycles. The van der Waals surface area contributed by atoms with Crippen molar-refractivity contribution in [1.29, 1.82) is 0 Å². The summed E-state index contributed by atoms with van der Waals surface area (Å²) in [6.45, 7) is -0.831. The molecule has 0 bridgehead atoms. The van der Waals surface area contributed by atoms with Crippen LogP contribution in [0.5, 0.6) is 0 Å². The first-order valence-electron chi connectivity index (χ1n) is 5.98. The Morgan fingerprint density at radius 2 is 2.11 bits per heavy atom. The molecule has 1 fully saturated rings. The molecule has 1 aliphatic rings. The maximum absolute atomic E-state index is 12.1. The van der Waals surface area contributed by atoms with E-state index < -0.39 is 18.8 Å². The first-order valence-corrected chi connectivity index (χ1v) is 5.98. The zero-order chi connectivity index (χ0) is 13.9. The topological polar surface area (TPSA) is 45.2 Å². The van der Waals surface area contributed by atoms with Gasteiger partial charge in [0.15, 0.2) is 0 Å². The summed E-state index contributed by atoms with van der Waals surface area (Å²) in [4.78, 5) is 17.1. The lowest BCUT2D eigenvalue weighted by Crippen LogP contribution is -2.43. The van der Waals surface area contributed by atoms with Gasteiger partial charge in [-0.2, -0.15) is 13.2 Å². The average molecular weight is 273 g/mol. The molecule has 104 valence electrons. The highest BCUT2D eigenvalue weighted by Gasteiger charge is 2.33. The second-order valence-corrected chi connectivity index (χ2v) is 4.41. The van der Waals surface area contributed by atoms with Gasteiger partial charge in [-0.1, -0.05) is 0 Å². The van der Waals surface area contributed by atoms with E-state index in [4.69, 9.17) is 0 Å². The molecule has 19 heavy (non-hydrogen) atoms. The molecule has 0 aliphatic carbocycles. The van der Waals surface area contributed by atoms with E-state index in [1.165, 1.54) is 4.90 Å². The highest BCUT2D eigenvalue weighted by molar-refractivity contribution is 5.75. The average Bonchev–Trinajstić information content (AvgIpc) is 2.85. The lowest BCUT2D eigenvalue weighted by molar-refractivity contribution is -0.123. The Kier molecular flexibility index (Phi) is 3.92. The fourth-order valence-corrected chi connectivity index (χ4v) is 2.22. The molecule has 4 nitrogen and oxygen atoms in total. The number of amides is 2. The maximum atomic E-state index is 12.1. The van der Waals surface area contributed by atoms with Crippen LogP contribution in [0.1, 0.15) is 24.4 Å². The maximum Gasteiger partial charge on any atom is 0.405 e. The van der Waals surface area contributed by atoms with Crippen molar-refractivity contribution in [3.05, 3.63) is 30.1 Å². The van der Waals surface area contributed by atoms with E-state index in [-0.39, 0.29) is 6.04 Å². The van der Waals surface area contributed by atoms with Crippen LogP contribution in [0.4, 0.5) is 18.0 Å². The number of halogens is 3. The highest BCUT2D eigenvalue weighted by atomic mass is 19.4. The summed E-state index contributed by atoms with van der Waals surface area (Å²) in [6.07, 6.45) is 0.371. The van der Waals surface area contributed by atoms with E-state index in [1.54, 1.807) is 24.5 Å². The molecule has 2 heterocycles. The van der Waals surface area contributed by atoms with Gasteiger partial charge in [-0.25, -0.2) is 4.79 Å². The Labute approximate surface area is 108 Å². The minimum Gasteiger partial charge on any atom is -0.329 e. The van der Waals surface area contributed by atoms with Crippen LogP contribution < -0.4 is 5.32 Å². The van der Waals surface area contributed by atoms with Crippen LogP contribution in [-0.2, 0) is 0 Å². The molecule has 0 radical (unpaired) electrons. The number of hydrogen-bond acceptors (Lipinski definition) is 2. The van der Waals surface area contributed by atoms with E-state index in [0.717, 1.165) is 18.4 Å². The lowest BCUT2D eigenvalue weighted by atomic mass is 10.1. The molecule has 1 aromatic heterocycles. The van der Waals surface area contributed by atoms with E-state index in [0.29, 0.717) is 6.54 Å². The number of likely N-dealkylation sites (tertiary alicyclic amines) is 1. The largest absolute Gasteiger partial charge is 0.405 e. The molecule has 0 saturated carbocycles. The molecule has 0 aromatic carbocycles. The number of carbonyl (C=O) groups excluding carboxylic acids is 1. The molecule has 1 atom stereocenters. The number of aromatic nitrogens is 1. The fourth-order valence-electron chi connectivity index (χ4n) is 2.22. The van der Waals surface area contributed by atoms with Crippen molar-refractivity contribution in [2.45, 2.75) is 25.1 Å². The van der Waals surface area contributed by atoms with Crippen molar-refractivity contribution in [2.75, 3.05) is 13.1 Å². The minimum atomic E-state index is -4.39. The van der Waals surface area contributed by atoms with Gasteiger partial charge in [0.05, 0.1) is 6.04 Å². The molecule has 1 aliphatic heterocycles. The van der Waals surface area contributed by atoms with Gasteiger partial charge < -0.3 is 10.2 Å². The number of alkyl halides is 3. The van der Waals surface area contributed by atoms with Crippen LogP contribution >= 0.6 is 0 Å². The number of carbonyl (C=O) groups is 1. The molecule has 1 N–H and O–H groups in total. The molecule has 0 spiro atoms. The summed E-state index contributed by atoms with van der Waals surface area (Å²) in [5.74, 6) is 0. The van der Waals surface area contributed by atoms with Crippen LogP contribution in [0.3, 0.4) is 0 Å². The quantitative estimate of drug-likeness (QED) is 0.899. The summed E-state index contributed by atoms with van der Waals surface area (Å²) in [5.41, 5.74) is 0.898. The third kappa shape index (κ3) is 3.59. The van der Waals surface area contributed by atoms with Gasteiger partial charge in [-0.15, -0.1) is 0 Å². The molecule has 2 rings (SSSR count). The number of urea groups is 1. The second-order valence-electron chi connectivity index (χ2n) is 4.41. The van der Waals surface area contributed by atoms with Crippen LogP contribution in [0.25, 0.3) is 0 Å². The van der Waals surface area contributed by atoms with Gasteiger partial charge in [0.2, 0.25) is 0 Å². The molecule has 0 unspecified atom stereocenters. The van der Waals surface area contributed by atoms with Crippen molar-refractivity contribution in [3.63, 3.8) is 0 Å². The zero-order valence-corrected chi connectivity index (χ0v) is 10.2.